The largest absolute Gasteiger partial charge is 0.483 e. The first-order valence-electron chi connectivity index (χ1n) is 8.98. The Hall–Kier alpha value is -2.48. The number of carbonyl (C=O) groups is 1. The number of ketones is 1. The van der Waals surface area contributed by atoms with Gasteiger partial charge in [0, 0.05) is 16.1 Å². The lowest BCUT2D eigenvalue weighted by atomic mass is 10.0. The van der Waals surface area contributed by atoms with Crippen molar-refractivity contribution in [3.63, 3.8) is 0 Å². The molecule has 0 heterocycles. The van der Waals surface area contributed by atoms with Crippen LogP contribution in [0, 0.1) is 11.6 Å². The Morgan fingerprint density at radius 2 is 1.39 bits per heavy atom. The maximum Gasteiger partial charge on any atom is 0.185 e. The molecule has 0 aliphatic rings. The van der Waals surface area contributed by atoms with Gasteiger partial charge in [-0.2, -0.15) is 0 Å². The second-order valence-corrected chi connectivity index (χ2v) is 9.65. The van der Waals surface area contributed by atoms with Gasteiger partial charge in [0.1, 0.15) is 23.4 Å². The van der Waals surface area contributed by atoms with E-state index in [0.717, 1.165) is 12.1 Å². The van der Waals surface area contributed by atoms with Gasteiger partial charge < -0.3 is 4.74 Å². The fourth-order valence-corrected chi connectivity index (χ4v) is 5.08. The van der Waals surface area contributed by atoms with Gasteiger partial charge >= 0.3 is 0 Å². The molecule has 0 amide bonds. The van der Waals surface area contributed by atoms with Gasteiger partial charge in [-0.15, -0.1) is 0 Å². The van der Waals surface area contributed by atoms with Crippen LogP contribution < -0.4 is 4.74 Å². The summed E-state index contributed by atoms with van der Waals surface area (Å²) in [6, 6.07) is 15.1. The summed E-state index contributed by atoms with van der Waals surface area (Å²) in [5.74, 6) is -3.76. The molecule has 3 aromatic carbocycles. The number of benzene rings is 3. The third-order valence-electron chi connectivity index (χ3n) is 4.35. The van der Waals surface area contributed by atoms with E-state index in [1.807, 2.05) is 0 Å². The molecule has 0 unspecified atom stereocenters. The van der Waals surface area contributed by atoms with Gasteiger partial charge in [-0.1, -0.05) is 47.5 Å². The SMILES string of the molecule is O=C(COc1ccc(F)cc1F)CS(=O)(=O)C(c1ccc(Cl)cc1)c1ccc(Cl)cc1. The average molecular weight is 485 g/mol. The van der Waals surface area contributed by atoms with E-state index < -0.39 is 44.9 Å². The normalized spacial score (nSPS) is 11.5. The van der Waals surface area contributed by atoms with E-state index in [1.54, 1.807) is 48.5 Å². The third kappa shape index (κ3) is 6.03. The Morgan fingerprint density at radius 3 is 1.87 bits per heavy atom. The molecule has 0 saturated heterocycles. The maximum atomic E-state index is 13.7. The first-order chi connectivity index (χ1) is 14.7. The van der Waals surface area contributed by atoms with Gasteiger partial charge in [-0.25, -0.2) is 17.2 Å². The minimum atomic E-state index is -4.04. The van der Waals surface area contributed by atoms with Crippen LogP contribution >= 0.6 is 23.2 Å². The van der Waals surface area contributed by atoms with Crippen molar-refractivity contribution in [2.24, 2.45) is 0 Å². The van der Waals surface area contributed by atoms with E-state index in [-0.39, 0.29) is 5.75 Å². The van der Waals surface area contributed by atoms with Gasteiger partial charge in [0.05, 0.1) is 0 Å². The van der Waals surface area contributed by atoms with Crippen molar-refractivity contribution in [2.75, 3.05) is 12.4 Å². The fraction of sp³-hybridized carbons (Fsp3) is 0.136. The van der Waals surface area contributed by atoms with Crippen LogP contribution in [0.15, 0.2) is 66.7 Å². The molecular weight excluding hydrogens is 469 g/mol. The zero-order valence-corrected chi connectivity index (χ0v) is 18.2. The van der Waals surface area contributed by atoms with Crippen molar-refractivity contribution < 1.29 is 26.7 Å². The zero-order valence-electron chi connectivity index (χ0n) is 15.9. The number of Topliss-reactive ketones (excluding diaryl/α,β-unsaturated/α-hetero) is 1. The molecule has 162 valence electrons. The van der Waals surface area contributed by atoms with Gasteiger partial charge in [0.15, 0.2) is 27.2 Å². The molecule has 0 aliphatic carbocycles. The van der Waals surface area contributed by atoms with Crippen molar-refractivity contribution in [2.45, 2.75) is 5.25 Å². The molecule has 0 fully saturated rings. The molecule has 4 nitrogen and oxygen atoms in total. The van der Waals surface area contributed by atoms with Crippen LogP contribution in [-0.2, 0) is 14.6 Å². The Bertz CT molecular complexity index is 1140. The van der Waals surface area contributed by atoms with Gasteiger partial charge in [0.25, 0.3) is 0 Å². The molecule has 0 aliphatic heterocycles. The Morgan fingerprint density at radius 1 is 0.871 bits per heavy atom. The lowest BCUT2D eigenvalue weighted by Crippen LogP contribution is -2.26. The van der Waals surface area contributed by atoms with Crippen molar-refractivity contribution in [1.82, 2.24) is 0 Å². The standard InChI is InChI=1S/C22H16Cl2F2O4S/c23-16-5-1-14(2-6-16)22(15-3-7-17(24)8-4-15)31(28,29)13-19(27)12-30-21-10-9-18(25)11-20(21)26/h1-11,22H,12-13H2. The highest BCUT2D eigenvalue weighted by molar-refractivity contribution is 7.92. The van der Waals surface area contributed by atoms with Crippen LogP contribution in [0.2, 0.25) is 10.0 Å². The van der Waals surface area contributed by atoms with E-state index in [9.17, 15) is 22.0 Å². The summed E-state index contributed by atoms with van der Waals surface area (Å²) in [6.07, 6.45) is 0. The predicted octanol–water partition coefficient (Wildman–Crippen LogP) is 5.42. The highest BCUT2D eigenvalue weighted by Gasteiger charge is 2.31. The fourth-order valence-electron chi connectivity index (χ4n) is 2.98. The number of halogens is 4. The van der Waals surface area contributed by atoms with Crippen molar-refractivity contribution >= 4 is 38.8 Å². The molecule has 31 heavy (non-hydrogen) atoms. The quantitative estimate of drug-likeness (QED) is 0.428. The molecule has 9 heteroatoms. The second-order valence-electron chi connectivity index (χ2n) is 6.69. The minimum Gasteiger partial charge on any atom is -0.483 e. The minimum absolute atomic E-state index is 0.348. The molecule has 0 atom stereocenters. The lowest BCUT2D eigenvalue weighted by molar-refractivity contribution is -0.118. The summed E-state index contributed by atoms with van der Waals surface area (Å²) in [4.78, 5) is 12.3. The lowest BCUT2D eigenvalue weighted by Gasteiger charge is -2.19. The van der Waals surface area contributed by atoms with Crippen molar-refractivity contribution in [1.29, 1.82) is 0 Å². The van der Waals surface area contributed by atoms with E-state index in [0.29, 0.717) is 27.2 Å². The van der Waals surface area contributed by atoms with E-state index in [2.05, 4.69) is 0 Å². The van der Waals surface area contributed by atoms with Gasteiger partial charge in [-0.05, 0) is 47.5 Å². The molecule has 0 aromatic heterocycles. The first-order valence-corrected chi connectivity index (χ1v) is 11.4. The van der Waals surface area contributed by atoms with Crippen molar-refractivity contribution in [3.05, 3.63) is 99.5 Å². The highest BCUT2D eigenvalue weighted by atomic mass is 35.5. The van der Waals surface area contributed by atoms with Crippen LogP contribution in [-0.4, -0.2) is 26.6 Å². The molecule has 3 rings (SSSR count). The second kappa shape index (κ2) is 9.77. The molecule has 0 N–H and O–H groups in total. The Labute approximate surface area is 188 Å². The molecule has 3 aromatic rings. The summed E-state index contributed by atoms with van der Waals surface area (Å²) < 4.78 is 58.0. The van der Waals surface area contributed by atoms with Crippen LogP contribution in [0.3, 0.4) is 0 Å². The van der Waals surface area contributed by atoms with Crippen LogP contribution in [0.25, 0.3) is 0 Å². The molecular formula is C22H16Cl2F2O4S. The number of rotatable bonds is 8. The molecule has 0 saturated carbocycles. The molecule has 0 spiro atoms. The van der Waals surface area contributed by atoms with E-state index in [4.69, 9.17) is 27.9 Å². The van der Waals surface area contributed by atoms with Crippen LogP contribution in [0.4, 0.5) is 8.78 Å². The topological polar surface area (TPSA) is 60.4 Å². The smallest absolute Gasteiger partial charge is 0.185 e. The number of ether oxygens (including phenoxy) is 1. The summed E-state index contributed by atoms with van der Waals surface area (Å²) in [7, 11) is -4.04. The van der Waals surface area contributed by atoms with Crippen molar-refractivity contribution in [3.8, 4) is 5.75 Å². The number of carbonyl (C=O) groups excluding carboxylic acids is 1. The monoisotopic (exact) mass is 484 g/mol. The summed E-state index contributed by atoms with van der Waals surface area (Å²) in [5, 5.41) is -0.280. The third-order valence-corrected chi connectivity index (χ3v) is 6.84. The molecule has 0 radical (unpaired) electrons. The summed E-state index contributed by atoms with van der Waals surface area (Å²) >= 11 is 11.8. The van der Waals surface area contributed by atoms with E-state index in [1.165, 1.54) is 0 Å². The average Bonchev–Trinajstić information content (AvgIpc) is 2.70. The highest BCUT2D eigenvalue weighted by Crippen LogP contribution is 2.32. The van der Waals surface area contributed by atoms with Crippen LogP contribution in [0.1, 0.15) is 16.4 Å². The van der Waals surface area contributed by atoms with Gasteiger partial charge in [0.2, 0.25) is 0 Å². The number of sulfone groups is 1. The zero-order chi connectivity index (χ0) is 22.6. The summed E-state index contributed by atoms with van der Waals surface area (Å²) in [5.41, 5.74) is 0.843. The predicted molar refractivity (Wildman–Crippen MR) is 115 cm³/mol. The summed E-state index contributed by atoms with van der Waals surface area (Å²) in [6.45, 7) is -0.685. The van der Waals surface area contributed by atoms with Crippen LogP contribution in [0.5, 0.6) is 5.75 Å². The van der Waals surface area contributed by atoms with Gasteiger partial charge in [-0.3, -0.25) is 4.79 Å². The number of hydrogen-bond donors (Lipinski definition) is 0. The maximum absolute atomic E-state index is 13.7. The first kappa shape index (κ1) is 23.2. The molecule has 0 bridgehead atoms. The number of hydrogen-bond acceptors (Lipinski definition) is 4. The van der Waals surface area contributed by atoms with E-state index >= 15 is 0 Å². The Balaban J connectivity index is 1.83. The Kier molecular flexibility index (Phi) is 7.30.